The van der Waals surface area contributed by atoms with E-state index in [4.69, 9.17) is 17.4 Å². The van der Waals surface area contributed by atoms with Crippen LogP contribution >= 0.6 is 27.5 Å². The molecule has 0 amide bonds. The van der Waals surface area contributed by atoms with Crippen LogP contribution in [0.4, 0.5) is 13.2 Å². The molecule has 2 aromatic rings. The second-order valence-corrected chi connectivity index (χ2v) is 5.68. The average molecular weight is 380 g/mol. The zero-order chi connectivity index (χ0) is 15.6. The highest BCUT2D eigenvalue weighted by molar-refractivity contribution is 9.10. The van der Waals surface area contributed by atoms with E-state index in [1.807, 2.05) is 0 Å². The molecule has 0 bridgehead atoms. The molecule has 0 fully saturated rings. The van der Waals surface area contributed by atoms with Gasteiger partial charge in [0.25, 0.3) is 0 Å². The fraction of sp³-hybridized carbons (Fsp3) is 0.143. The summed E-state index contributed by atoms with van der Waals surface area (Å²) in [7, 11) is 0. The third kappa shape index (κ3) is 3.77. The summed E-state index contributed by atoms with van der Waals surface area (Å²) in [5, 5.41) is 0.482. The van der Waals surface area contributed by atoms with E-state index in [-0.39, 0.29) is 0 Å². The monoisotopic (exact) mass is 378 g/mol. The summed E-state index contributed by atoms with van der Waals surface area (Å²) in [5.41, 5.74) is 2.85. The fourth-order valence-corrected chi connectivity index (χ4v) is 2.67. The van der Waals surface area contributed by atoms with E-state index in [2.05, 4.69) is 21.4 Å². The van der Waals surface area contributed by atoms with E-state index in [9.17, 15) is 13.2 Å². The van der Waals surface area contributed by atoms with Crippen molar-refractivity contribution in [3.05, 3.63) is 68.7 Å². The highest BCUT2D eigenvalue weighted by Gasteiger charge is 2.31. The van der Waals surface area contributed by atoms with Crippen molar-refractivity contribution < 1.29 is 13.2 Å². The Bertz CT molecular complexity index is 646. The summed E-state index contributed by atoms with van der Waals surface area (Å²) in [6, 6.07) is 9.60. The molecule has 0 aliphatic heterocycles. The summed E-state index contributed by atoms with van der Waals surface area (Å²) in [4.78, 5) is 0. The molecule has 0 aromatic heterocycles. The van der Waals surface area contributed by atoms with Crippen LogP contribution in [0.1, 0.15) is 22.7 Å². The van der Waals surface area contributed by atoms with Crippen LogP contribution in [0.5, 0.6) is 0 Å². The van der Waals surface area contributed by atoms with Gasteiger partial charge in [-0.15, -0.1) is 0 Å². The molecule has 2 aromatic carbocycles. The van der Waals surface area contributed by atoms with Gasteiger partial charge in [-0.2, -0.15) is 13.2 Å². The molecule has 2 rings (SSSR count). The van der Waals surface area contributed by atoms with Crippen LogP contribution in [0.3, 0.4) is 0 Å². The lowest BCUT2D eigenvalue weighted by molar-refractivity contribution is -0.137. The Morgan fingerprint density at radius 3 is 2.43 bits per heavy atom. The topological polar surface area (TPSA) is 38.0 Å². The third-order valence-electron chi connectivity index (χ3n) is 2.98. The molecule has 0 heterocycles. The van der Waals surface area contributed by atoms with Gasteiger partial charge in [-0.3, -0.25) is 5.84 Å². The van der Waals surface area contributed by atoms with E-state index in [0.717, 1.165) is 12.1 Å². The first-order valence-corrected chi connectivity index (χ1v) is 7.08. The zero-order valence-electron chi connectivity index (χ0n) is 10.6. The SMILES string of the molecule is NNC(c1cccc(Cl)c1)c1cc(C(F)(F)F)ccc1Br. The fourth-order valence-electron chi connectivity index (χ4n) is 1.99. The van der Waals surface area contributed by atoms with E-state index in [0.29, 0.717) is 20.6 Å². The van der Waals surface area contributed by atoms with Crippen LogP contribution in [0, 0.1) is 0 Å². The number of nitrogens with one attached hydrogen (secondary N) is 1. The van der Waals surface area contributed by atoms with Gasteiger partial charge in [0.05, 0.1) is 11.6 Å². The van der Waals surface area contributed by atoms with Crippen molar-refractivity contribution in [2.75, 3.05) is 0 Å². The van der Waals surface area contributed by atoms with Gasteiger partial charge in [-0.05, 0) is 41.5 Å². The Morgan fingerprint density at radius 1 is 1.14 bits per heavy atom. The number of hydrogen-bond donors (Lipinski definition) is 2. The molecule has 0 aliphatic rings. The van der Waals surface area contributed by atoms with Gasteiger partial charge >= 0.3 is 6.18 Å². The standard InChI is InChI=1S/C14H11BrClF3N2/c15-12-5-4-9(14(17,18)19)7-11(12)13(21-20)8-2-1-3-10(16)6-8/h1-7,13,21H,20H2. The molecule has 3 N–H and O–H groups in total. The number of rotatable bonds is 3. The number of hydrazine groups is 1. The molecule has 0 spiro atoms. The molecule has 7 heteroatoms. The Labute approximate surface area is 133 Å². The second kappa shape index (κ2) is 6.36. The van der Waals surface area contributed by atoms with Crippen LogP contribution in [0.25, 0.3) is 0 Å². The number of nitrogens with two attached hydrogens (primary N) is 1. The minimum absolute atomic E-state index is 0.384. The van der Waals surface area contributed by atoms with Crippen LogP contribution in [0.2, 0.25) is 5.02 Å². The quantitative estimate of drug-likeness (QED) is 0.600. The second-order valence-electron chi connectivity index (χ2n) is 4.39. The maximum absolute atomic E-state index is 12.8. The lowest BCUT2D eigenvalue weighted by Crippen LogP contribution is -2.29. The maximum atomic E-state index is 12.8. The van der Waals surface area contributed by atoms with Crippen LogP contribution in [-0.4, -0.2) is 0 Å². The minimum atomic E-state index is -4.41. The summed E-state index contributed by atoms with van der Waals surface area (Å²) < 4.78 is 39.1. The van der Waals surface area contributed by atoms with Gasteiger partial charge in [0.1, 0.15) is 0 Å². The molecule has 112 valence electrons. The Hall–Kier alpha value is -1.08. The first-order chi connectivity index (χ1) is 9.82. The molecular weight excluding hydrogens is 369 g/mol. The number of halogens is 5. The first-order valence-electron chi connectivity index (χ1n) is 5.91. The van der Waals surface area contributed by atoms with Gasteiger partial charge in [0.15, 0.2) is 0 Å². The molecule has 0 radical (unpaired) electrons. The number of benzene rings is 2. The smallest absolute Gasteiger partial charge is 0.271 e. The molecule has 0 aliphatic carbocycles. The van der Waals surface area contributed by atoms with Gasteiger partial charge in [0, 0.05) is 9.50 Å². The van der Waals surface area contributed by atoms with E-state index in [1.54, 1.807) is 24.3 Å². The lowest BCUT2D eigenvalue weighted by Gasteiger charge is -2.20. The summed E-state index contributed by atoms with van der Waals surface area (Å²) in [6.45, 7) is 0. The van der Waals surface area contributed by atoms with Crippen LogP contribution in [-0.2, 0) is 6.18 Å². The molecule has 2 nitrogen and oxygen atoms in total. The van der Waals surface area contributed by atoms with Crippen molar-refractivity contribution in [1.82, 2.24) is 5.43 Å². The van der Waals surface area contributed by atoms with Crippen LogP contribution in [0.15, 0.2) is 46.9 Å². The van der Waals surface area contributed by atoms with Gasteiger partial charge in [0.2, 0.25) is 0 Å². The van der Waals surface area contributed by atoms with Crippen molar-refractivity contribution in [1.29, 1.82) is 0 Å². The molecule has 21 heavy (non-hydrogen) atoms. The first kappa shape index (κ1) is 16.3. The molecular formula is C14H11BrClF3N2. The molecule has 0 saturated heterocycles. The molecule has 1 unspecified atom stereocenters. The van der Waals surface area contributed by atoms with E-state index < -0.39 is 17.8 Å². The van der Waals surface area contributed by atoms with E-state index in [1.165, 1.54) is 6.07 Å². The predicted molar refractivity (Wildman–Crippen MR) is 79.8 cm³/mol. The Balaban J connectivity index is 2.52. The summed E-state index contributed by atoms with van der Waals surface area (Å²) in [5.74, 6) is 5.52. The van der Waals surface area contributed by atoms with Crippen molar-refractivity contribution in [2.24, 2.45) is 5.84 Å². The normalized spacial score (nSPS) is 13.2. The lowest BCUT2D eigenvalue weighted by atomic mass is 9.97. The highest BCUT2D eigenvalue weighted by atomic mass is 79.9. The largest absolute Gasteiger partial charge is 0.416 e. The predicted octanol–water partition coefficient (Wildman–Crippen LogP) is 4.67. The summed E-state index contributed by atoms with van der Waals surface area (Å²) in [6.07, 6.45) is -4.41. The van der Waals surface area contributed by atoms with Crippen molar-refractivity contribution in [3.63, 3.8) is 0 Å². The van der Waals surface area contributed by atoms with Crippen molar-refractivity contribution in [2.45, 2.75) is 12.2 Å². The van der Waals surface area contributed by atoms with Crippen LogP contribution < -0.4 is 11.3 Å². The van der Waals surface area contributed by atoms with Gasteiger partial charge in [-0.1, -0.05) is 39.7 Å². The van der Waals surface area contributed by atoms with Gasteiger partial charge < -0.3 is 0 Å². The molecule has 0 saturated carbocycles. The van der Waals surface area contributed by atoms with Gasteiger partial charge in [-0.25, -0.2) is 5.43 Å². The third-order valence-corrected chi connectivity index (χ3v) is 3.94. The summed E-state index contributed by atoms with van der Waals surface area (Å²) >= 11 is 9.18. The minimum Gasteiger partial charge on any atom is -0.271 e. The van der Waals surface area contributed by atoms with E-state index >= 15 is 0 Å². The van der Waals surface area contributed by atoms with Crippen molar-refractivity contribution >= 4 is 27.5 Å². The average Bonchev–Trinajstić information content (AvgIpc) is 2.40. The van der Waals surface area contributed by atoms with Crippen molar-refractivity contribution in [3.8, 4) is 0 Å². The Morgan fingerprint density at radius 2 is 1.86 bits per heavy atom. The number of hydrogen-bond acceptors (Lipinski definition) is 2. The molecule has 1 atom stereocenters. The highest BCUT2D eigenvalue weighted by Crippen LogP contribution is 2.35. The zero-order valence-corrected chi connectivity index (χ0v) is 12.9. The Kier molecular flexibility index (Phi) is 4.93. The number of alkyl halides is 3. The maximum Gasteiger partial charge on any atom is 0.416 e.